The van der Waals surface area contributed by atoms with E-state index in [4.69, 9.17) is 9.47 Å². The molecule has 1 aliphatic heterocycles. The van der Waals surface area contributed by atoms with Gasteiger partial charge in [-0.1, -0.05) is 0 Å². The third-order valence-electron chi connectivity index (χ3n) is 3.76. The standard InChI is InChI=1S/C18H29N3O4/c1-17(2,3)24-15(22)20-10-7-13(8-11-20)14-9-12-21(19-14)16(23)25-18(4,5)6/h9,12-13H,7-8,10-11H2,1-6H3. The van der Waals surface area contributed by atoms with Crippen LogP contribution in [0.2, 0.25) is 0 Å². The highest BCUT2D eigenvalue weighted by molar-refractivity contribution is 5.69. The molecule has 0 unspecified atom stereocenters. The third-order valence-corrected chi connectivity index (χ3v) is 3.76. The van der Waals surface area contributed by atoms with E-state index < -0.39 is 17.3 Å². The van der Waals surface area contributed by atoms with Crippen LogP contribution in [0.5, 0.6) is 0 Å². The number of likely N-dealkylation sites (tertiary alicyclic amines) is 1. The maximum atomic E-state index is 12.1. The summed E-state index contributed by atoms with van der Waals surface area (Å²) in [6.07, 6.45) is 2.47. The first-order valence-corrected chi connectivity index (χ1v) is 8.71. The van der Waals surface area contributed by atoms with Gasteiger partial charge in [0.15, 0.2) is 0 Å². The van der Waals surface area contributed by atoms with E-state index in [1.165, 1.54) is 4.68 Å². The number of carbonyl (C=O) groups is 2. The Morgan fingerprint density at radius 1 is 1.00 bits per heavy atom. The fourth-order valence-corrected chi connectivity index (χ4v) is 2.65. The maximum absolute atomic E-state index is 12.1. The molecule has 1 aromatic rings. The first-order valence-electron chi connectivity index (χ1n) is 8.71. The molecular weight excluding hydrogens is 322 g/mol. The minimum atomic E-state index is -0.554. The molecule has 2 rings (SSSR count). The van der Waals surface area contributed by atoms with Crippen LogP contribution in [-0.4, -0.2) is 51.2 Å². The van der Waals surface area contributed by atoms with Crippen molar-refractivity contribution in [3.63, 3.8) is 0 Å². The van der Waals surface area contributed by atoms with E-state index in [1.807, 2.05) is 47.6 Å². The monoisotopic (exact) mass is 351 g/mol. The number of piperidine rings is 1. The zero-order valence-corrected chi connectivity index (χ0v) is 16.0. The number of carbonyl (C=O) groups excluding carboxylic acids is 2. The minimum Gasteiger partial charge on any atom is -0.444 e. The summed E-state index contributed by atoms with van der Waals surface area (Å²) in [6, 6.07) is 1.84. The molecule has 0 atom stereocenters. The summed E-state index contributed by atoms with van der Waals surface area (Å²) >= 11 is 0. The number of nitrogens with zero attached hydrogens (tertiary/aromatic N) is 3. The molecule has 1 aromatic heterocycles. The van der Waals surface area contributed by atoms with E-state index in [1.54, 1.807) is 11.1 Å². The normalized spacial score (nSPS) is 16.6. The van der Waals surface area contributed by atoms with Crippen molar-refractivity contribution in [3.05, 3.63) is 18.0 Å². The van der Waals surface area contributed by atoms with E-state index in [-0.39, 0.29) is 12.0 Å². The Hall–Kier alpha value is -2.05. The highest BCUT2D eigenvalue weighted by atomic mass is 16.6. The van der Waals surface area contributed by atoms with Gasteiger partial charge in [0.2, 0.25) is 0 Å². The van der Waals surface area contributed by atoms with E-state index in [0.29, 0.717) is 13.1 Å². The van der Waals surface area contributed by atoms with Gasteiger partial charge in [-0.3, -0.25) is 0 Å². The lowest BCUT2D eigenvalue weighted by molar-refractivity contribution is 0.0204. The minimum absolute atomic E-state index is 0.224. The molecule has 0 bridgehead atoms. The molecule has 1 saturated heterocycles. The highest BCUT2D eigenvalue weighted by Crippen LogP contribution is 2.27. The van der Waals surface area contributed by atoms with Crippen LogP contribution < -0.4 is 0 Å². The lowest BCUT2D eigenvalue weighted by Gasteiger charge is -2.32. The van der Waals surface area contributed by atoms with Gasteiger partial charge in [-0.15, -0.1) is 0 Å². The van der Waals surface area contributed by atoms with Gasteiger partial charge in [0.25, 0.3) is 0 Å². The second-order valence-corrected chi connectivity index (χ2v) is 8.41. The number of hydrogen-bond acceptors (Lipinski definition) is 5. The molecule has 0 aliphatic carbocycles. The van der Waals surface area contributed by atoms with Crippen LogP contribution in [0.1, 0.15) is 66.0 Å². The van der Waals surface area contributed by atoms with E-state index in [9.17, 15) is 9.59 Å². The second kappa shape index (κ2) is 7.06. The molecule has 140 valence electrons. The van der Waals surface area contributed by atoms with Gasteiger partial charge >= 0.3 is 12.2 Å². The van der Waals surface area contributed by atoms with Gasteiger partial charge < -0.3 is 14.4 Å². The zero-order valence-electron chi connectivity index (χ0n) is 16.0. The van der Waals surface area contributed by atoms with Crippen LogP contribution in [0.4, 0.5) is 9.59 Å². The van der Waals surface area contributed by atoms with E-state index >= 15 is 0 Å². The molecule has 7 nitrogen and oxygen atoms in total. The third kappa shape index (κ3) is 5.76. The fourth-order valence-electron chi connectivity index (χ4n) is 2.65. The predicted molar refractivity (Wildman–Crippen MR) is 93.6 cm³/mol. The Labute approximate surface area is 149 Å². The average Bonchev–Trinajstić information content (AvgIpc) is 2.93. The Bertz CT molecular complexity index is 617. The maximum Gasteiger partial charge on any atom is 0.435 e. The molecule has 1 amide bonds. The average molecular weight is 351 g/mol. The molecule has 25 heavy (non-hydrogen) atoms. The Morgan fingerprint density at radius 3 is 2.04 bits per heavy atom. The van der Waals surface area contributed by atoms with Crippen molar-refractivity contribution in [2.24, 2.45) is 0 Å². The molecule has 1 fully saturated rings. The van der Waals surface area contributed by atoms with Gasteiger partial charge in [0.05, 0.1) is 5.69 Å². The quantitative estimate of drug-likeness (QED) is 0.770. The lowest BCUT2D eigenvalue weighted by Crippen LogP contribution is -2.41. The Kier molecular flexibility index (Phi) is 5.44. The summed E-state index contributed by atoms with van der Waals surface area (Å²) < 4.78 is 12.0. The molecular formula is C18H29N3O4. The van der Waals surface area contributed by atoms with Gasteiger partial charge in [-0.25, -0.2) is 9.59 Å². The fraction of sp³-hybridized carbons (Fsp3) is 0.722. The largest absolute Gasteiger partial charge is 0.444 e. The van der Waals surface area contributed by atoms with Crippen molar-refractivity contribution in [2.75, 3.05) is 13.1 Å². The van der Waals surface area contributed by atoms with E-state index in [2.05, 4.69) is 5.10 Å². The van der Waals surface area contributed by atoms with Crippen molar-refractivity contribution >= 4 is 12.2 Å². The number of amides is 1. The van der Waals surface area contributed by atoms with Crippen LogP contribution in [0.3, 0.4) is 0 Å². The van der Waals surface area contributed by atoms with Gasteiger partial charge in [0, 0.05) is 25.2 Å². The highest BCUT2D eigenvalue weighted by Gasteiger charge is 2.29. The van der Waals surface area contributed by atoms with Crippen molar-refractivity contribution in [2.45, 2.75) is 71.5 Å². The van der Waals surface area contributed by atoms with Crippen molar-refractivity contribution in [3.8, 4) is 0 Å². The summed E-state index contributed by atoms with van der Waals surface area (Å²) in [7, 11) is 0. The summed E-state index contributed by atoms with van der Waals surface area (Å²) in [5, 5.41) is 4.35. The number of rotatable bonds is 1. The van der Waals surface area contributed by atoms with E-state index in [0.717, 1.165) is 18.5 Å². The molecule has 0 aromatic carbocycles. The summed E-state index contributed by atoms with van der Waals surface area (Å²) in [6.45, 7) is 12.3. The van der Waals surface area contributed by atoms with Crippen LogP contribution >= 0.6 is 0 Å². The van der Waals surface area contributed by atoms with Crippen LogP contribution in [0.15, 0.2) is 12.3 Å². The van der Waals surface area contributed by atoms with Crippen molar-refractivity contribution < 1.29 is 19.1 Å². The summed E-state index contributed by atoms with van der Waals surface area (Å²) in [5.74, 6) is 0.224. The first kappa shape index (κ1) is 19.3. The summed E-state index contributed by atoms with van der Waals surface area (Å²) in [5.41, 5.74) is -0.183. The number of hydrogen-bond donors (Lipinski definition) is 0. The van der Waals surface area contributed by atoms with Crippen LogP contribution in [-0.2, 0) is 9.47 Å². The molecule has 7 heteroatoms. The Balaban J connectivity index is 1.91. The molecule has 2 heterocycles. The molecule has 0 radical (unpaired) electrons. The Morgan fingerprint density at radius 2 is 1.52 bits per heavy atom. The van der Waals surface area contributed by atoms with Crippen molar-refractivity contribution in [1.29, 1.82) is 0 Å². The zero-order chi connectivity index (χ0) is 18.8. The lowest BCUT2D eigenvalue weighted by atomic mass is 9.94. The smallest absolute Gasteiger partial charge is 0.435 e. The second-order valence-electron chi connectivity index (χ2n) is 8.41. The van der Waals surface area contributed by atoms with Crippen LogP contribution in [0, 0.1) is 0 Å². The van der Waals surface area contributed by atoms with Gasteiger partial charge in [-0.05, 0) is 60.5 Å². The van der Waals surface area contributed by atoms with Gasteiger partial charge in [0.1, 0.15) is 11.2 Å². The molecule has 1 aliphatic rings. The number of ether oxygens (including phenoxy) is 2. The summed E-state index contributed by atoms with van der Waals surface area (Å²) in [4.78, 5) is 25.9. The number of aromatic nitrogens is 2. The van der Waals surface area contributed by atoms with Gasteiger partial charge in [-0.2, -0.15) is 9.78 Å². The molecule has 0 N–H and O–H groups in total. The first-order chi connectivity index (χ1) is 11.4. The SMILES string of the molecule is CC(C)(C)OC(=O)N1CCC(c2ccn(C(=O)OC(C)(C)C)n2)CC1. The molecule has 0 spiro atoms. The van der Waals surface area contributed by atoms with Crippen LogP contribution in [0.25, 0.3) is 0 Å². The predicted octanol–water partition coefficient (Wildman–Crippen LogP) is 3.78. The molecule has 0 saturated carbocycles. The van der Waals surface area contributed by atoms with Crippen molar-refractivity contribution in [1.82, 2.24) is 14.7 Å². The topological polar surface area (TPSA) is 73.7 Å².